The summed E-state index contributed by atoms with van der Waals surface area (Å²) in [6, 6.07) is 21.3. The molecule has 3 aromatic rings. The molecule has 0 bridgehead atoms. The Morgan fingerprint density at radius 3 is 2.26 bits per heavy atom. The minimum Gasteiger partial charge on any atom is -0.497 e. The highest BCUT2D eigenvalue weighted by atomic mass is 16.5. The van der Waals surface area contributed by atoms with Gasteiger partial charge in [0.25, 0.3) is 0 Å². The topological polar surface area (TPSA) is 9.23 Å². The Morgan fingerprint density at radius 1 is 0.913 bits per heavy atom. The molecule has 0 atom stereocenters. The summed E-state index contributed by atoms with van der Waals surface area (Å²) in [7, 11) is 1.65. The van der Waals surface area contributed by atoms with Crippen molar-refractivity contribution in [3.05, 3.63) is 78.4 Å². The van der Waals surface area contributed by atoms with Crippen LogP contribution in [0.2, 0.25) is 0 Å². The Balaban J connectivity index is 0.000000924. The molecule has 1 heteroatoms. The fourth-order valence-electron chi connectivity index (χ4n) is 2.55. The van der Waals surface area contributed by atoms with Crippen molar-refractivity contribution in [3.63, 3.8) is 0 Å². The van der Waals surface area contributed by atoms with E-state index in [1.807, 2.05) is 19.9 Å². The highest BCUT2D eigenvalue weighted by molar-refractivity contribution is 5.98. The maximum absolute atomic E-state index is 5.25. The van der Waals surface area contributed by atoms with Gasteiger partial charge >= 0.3 is 0 Å². The molecule has 23 heavy (non-hydrogen) atoms. The number of rotatable bonds is 3. The summed E-state index contributed by atoms with van der Waals surface area (Å²) >= 11 is 0. The lowest BCUT2D eigenvalue weighted by atomic mass is 9.96. The van der Waals surface area contributed by atoms with E-state index in [0.717, 1.165) is 5.56 Å². The molecule has 3 aromatic carbocycles. The first-order chi connectivity index (χ1) is 11.2. The van der Waals surface area contributed by atoms with Crippen LogP contribution in [0.15, 0.2) is 67.2 Å². The molecule has 1 nitrogen and oxygen atoms in total. The summed E-state index contributed by atoms with van der Waals surface area (Å²) in [6.45, 7) is 10.0. The molecule has 0 radical (unpaired) electrons. The van der Waals surface area contributed by atoms with Crippen LogP contribution < -0.4 is 0 Å². The first-order valence-electron chi connectivity index (χ1n) is 8.02. The summed E-state index contributed by atoms with van der Waals surface area (Å²) in [5.74, 6) is 0.690. The number of hydrogen-bond acceptors (Lipinski definition) is 1. The lowest BCUT2D eigenvalue weighted by Gasteiger charge is -2.10. The van der Waals surface area contributed by atoms with E-state index in [0.29, 0.717) is 5.76 Å². The number of ether oxygens (including phenoxy) is 1. The van der Waals surface area contributed by atoms with Crippen LogP contribution in [0.5, 0.6) is 0 Å². The fraction of sp³-hybridized carbons (Fsp3) is 0.182. The maximum atomic E-state index is 5.25. The predicted molar refractivity (Wildman–Crippen MR) is 102 cm³/mol. The van der Waals surface area contributed by atoms with Crippen LogP contribution in [-0.4, -0.2) is 7.11 Å². The normalized spacial score (nSPS) is 9.91. The van der Waals surface area contributed by atoms with E-state index in [9.17, 15) is 0 Å². The second kappa shape index (κ2) is 7.64. The monoisotopic (exact) mass is 304 g/mol. The largest absolute Gasteiger partial charge is 0.497 e. The van der Waals surface area contributed by atoms with Crippen molar-refractivity contribution in [2.75, 3.05) is 7.11 Å². The molecule has 0 heterocycles. The minimum absolute atomic E-state index is 0.690. The summed E-state index contributed by atoms with van der Waals surface area (Å²) in [6.07, 6.45) is 0. The molecule has 0 aliphatic rings. The van der Waals surface area contributed by atoms with E-state index in [2.05, 4.69) is 68.1 Å². The Labute approximate surface area is 139 Å². The van der Waals surface area contributed by atoms with Crippen LogP contribution in [0.25, 0.3) is 27.7 Å². The summed E-state index contributed by atoms with van der Waals surface area (Å²) in [5, 5.41) is 2.44. The van der Waals surface area contributed by atoms with Crippen molar-refractivity contribution in [1.29, 1.82) is 0 Å². The van der Waals surface area contributed by atoms with Gasteiger partial charge in [-0.1, -0.05) is 80.6 Å². The van der Waals surface area contributed by atoms with Crippen LogP contribution in [-0.2, 0) is 4.74 Å². The lowest BCUT2D eigenvalue weighted by molar-refractivity contribution is 0.371. The van der Waals surface area contributed by atoms with Gasteiger partial charge in [-0.15, -0.1) is 0 Å². The average molecular weight is 304 g/mol. The molecule has 3 rings (SSSR count). The van der Waals surface area contributed by atoms with Crippen LogP contribution in [0.4, 0.5) is 0 Å². The number of methoxy groups -OCH3 is 1. The van der Waals surface area contributed by atoms with Crippen molar-refractivity contribution >= 4 is 16.5 Å². The number of aryl methyl sites for hydroxylation is 1. The van der Waals surface area contributed by atoms with Crippen molar-refractivity contribution in [3.8, 4) is 11.1 Å². The molecule has 0 spiro atoms. The zero-order valence-corrected chi connectivity index (χ0v) is 14.4. The van der Waals surface area contributed by atoms with E-state index in [-0.39, 0.29) is 0 Å². The average Bonchev–Trinajstić information content (AvgIpc) is 2.62. The lowest BCUT2D eigenvalue weighted by Crippen LogP contribution is -1.87. The zero-order valence-electron chi connectivity index (χ0n) is 14.4. The first-order valence-corrected chi connectivity index (χ1v) is 8.02. The molecule has 0 aliphatic carbocycles. The van der Waals surface area contributed by atoms with E-state index in [1.165, 1.54) is 27.5 Å². The van der Waals surface area contributed by atoms with Gasteiger partial charge in [0.1, 0.15) is 5.76 Å². The Kier molecular flexibility index (Phi) is 5.59. The van der Waals surface area contributed by atoms with Gasteiger partial charge in [0.2, 0.25) is 0 Å². The van der Waals surface area contributed by atoms with E-state index in [4.69, 9.17) is 4.74 Å². The van der Waals surface area contributed by atoms with Gasteiger partial charge in [0.15, 0.2) is 0 Å². The quantitative estimate of drug-likeness (QED) is 0.505. The van der Waals surface area contributed by atoms with Gasteiger partial charge < -0.3 is 4.74 Å². The molecular formula is C22H24O. The molecule has 0 fully saturated rings. The highest BCUT2D eigenvalue weighted by Gasteiger charge is 2.06. The van der Waals surface area contributed by atoms with Gasteiger partial charge in [0.05, 0.1) is 7.11 Å². The smallest absolute Gasteiger partial charge is 0.118 e. The second-order valence-electron chi connectivity index (χ2n) is 5.23. The summed E-state index contributed by atoms with van der Waals surface area (Å²) in [4.78, 5) is 0. The van der Waals surface area contributed by atoms with Crippen LogP contribution >= 0.6 is 0 Å². The highest BCUT2D eigenvalue weighted by Crippen LogP contribution is 2.31. The van der Waals surface area contributed by atoms with Crippen LogP contribution in [0.3, 0.4) is 0 Å². The van der Waals surface area contributed by atoms with Crippen molar-refractivity contribution in [2.45, 2.75) is 20.8 Å². The minimum atomic E-state index is 0.690. The van der Waals surface area contributed by atoms with E-state index in [1.54, 1.807) is 7.11 Å². The third kappa shape index (κ3) is 3.62. The fourth-order valence-corrected chi connectivity index (χ4v) is 2.55. The Hall–Kier alpha value is -2.54. The van der Waals surface area contributed by atoms with E-state index >= 15 is 0 Å². The van der Waals surface area contributed by atoms with Gasteiger partial charge in [0, 0.05) is 5.56 Å². The van der Waals surface area contributed by atoms with Gasteiger partial charge in [-0.3, -0.25) is 0 Å². The second-order valence-corrected chi connectivity index (χ2v) is 5.23. The maximum Gasteiger partial charge on any atom is 0.118 e. The molecule has 0 unspecified atom stereocenters. The summed E-state index contributed by atoms with van der Waals surface area (Å²) < 4.78 is 5.25. The standard InChI is InChI=1S/C20H18O.C2H6/c1-14-7-9-17(10-8-14)19-6-4-5-16-11-12-18(13-20(16)19)15(2)21-3;1-2/h4-13H,2H2,1,3H3;1-2H3. The number of benzene rings is 3. The predicted octanol–water partition coefficient (Wildman–Crippen LogP) is 6.46. The van der Waals surface area contributed by atoms with Crippen molar-refractivity contribution < 1.29 is 4.74 Å². The third-order valence-corrected chi connectivity index (χ3v) is 3.81. The summed E-state index contributed by atoms with van der Waals surface area (Å²) in [5.41, 5.74) is 4.75. The number of hydrogen-bond donors (Lipinski definition) is 0. The molecule has 0 aliphatic heterocycles. The van der Waals surface area contributed by atoms with Crippen LogP contribution in [0, 0.1) is 6.92 Å². The molecular weight excluding hydrogens is 280 g/mol. The SMILES string of the molecule is C=C(OC)c1ccc2cccc(-c3ccc(C)cc3)c2c1.CC. The molecule has 118 valence electrons. The molecule has 0 saturated heterocycles. The Morgan fingerprint density at radius 2 is 1.61 bits per heavy atom. The van der Waals surface area contributed by atoms with Crippen LogP contribution in [0.1, 0.15) is 25.0 Å². The molecule has 0 saturated carbocycles. The first kappa shape index (κ1) is 16.8. The number of fused-ring (bicyclic) bond motifs is 1. The van der Waals surface area contributed by atoms with Gasteiger partial charge in [-0.05, 0) is 34.9 Å². The van der Waals surface area contributed by atoms with E-state index < -0.39 is 0 Å². The molecule has 0 amide bonds. The van der Waals surface area contributed by atoms with Crippen molar-refractivity contribution in [1.82, 2.24) is 0 Å². The van der Waals surface area contributed by atoms with Gasteiger partial charge in [-0.25, -0.2) is 0 Å². The van der Waals surface area contributed by atoms with Crippen molar-refractivity contribution in [2.24, 2.45) is 0 Å². The zero-order chi connectivity index (χ0) is 16.8. The molecule has 0 N–H and O–H groups in total. The molecule has 0 aromatic heterocycles. The third-order valence-electron chi connectivity index (χ3n) is 3.81. The van der Waals surface area contributed by atoms with Gasteiger partial charge in [-0.2, -0.15) is 0 Å². The Bertz CT molecular complexity index is 798.